The van der Waals surface area contributed by atoms with Gasteiger partial charge in [-0.15, -0.1) is 0 Å². The molecule has 0 heterocycles. The average molecular weight is 471 g/mol. The molecule has 0 aliphatic heterocycles. The maximum atomic E-state index is 11.2. The molecule has 0 aliphatic carbocycles. The minimum atomic E-state index is -3.53. The van der Waals surface area contributed by atoms with Crippen LogP contribution in [0.2, 0.25) is 0 Å². The van der Waals surface area contributed by atoms with Crippen molar-refractivity contribution in [1.82, 2.24) is 0 Å². The van der Waals surface area contributed by atoms with E-state index in [1.807, 2.05) is 66.7 Å². The van der Waals surface area contributed by atoms with Gasteiger partial charge in [0.2, 0.25) is 0 Å². The number of ether oxygens (including phenoxy) is 3. The van der Waals surface area contributed by atoms with Crippen molar-refractivity contribution in [3.05, 3.63) is 90.0 Å². The lowest BCUT2D eigenvalue weighted by Gasteiger charge is -2.21. The van der Waals surface area contributed by atoms with Crippen LogP contribution < -0.4 is 14.2 Å². The fourth-order valence-electron chi connectivity index (χ4n) is 3.11. The fourth-order valence-corrected chi connectivity index (χ4v) is 3.48. The summed E-state index contributed by atoms with van der Waals surface area (Å²) in [5.41, 5.74) is 2.04. The van der Waals surface area contributed by atoms with Crippen molar-refractivity contribution in [1.29, 1.82) is 0 Å². The summed E-state index contributed by atoms with van der Waals surface area (Å²) in [5.74, 6) is 1.96. The third-order valence-corrected chi connectivity index (χ3v) is 5.18. The summed E-state index contributed by atoms with van der Waals surface area (Å²) >= 11 is 0. The van der Waals surface area contributed by atoms with Crippen molar-refractivity contribution < 1.29 is 26.8 Å². The Balaban J connectivity index is 1.84. The van der Waals surface area contributed by atoms with E-state index in [2.05, 4.69) is 13.8 Å². The van der Waals surface area contributed by atoms with Crippen LogP contribution in [0.1, 0.15) is 31.1 Å². The molecule has 0 unspecified atom stereocenters. The maximum absolute atomic E-state index is 11.2. The molecule has 6 nitrogen and oxygen atoms in total. The molecule has 3 rings (SSSR count). The molecule has 7 heteroatoms. The first-order valence-corrected chi connectivity index (χ1v) is 12.6. The molecule has 0 spiro atoms. The molecule has 3 aromatic carbocycles. The van der Waals surface area contributed by atoms with E-state index in [1.54, 1.807) is 12.1 Å². The summed E-state index contributed by atoms with van der Waals surface area (Å²) in [6, 6.07) is 25.4. The summed E-state index contributed by atoms with van der Waals surface area (Å²) < 4.78 is 45.3. The zero-order valence-electron chi connectivity index (χ0n) is 19.1. The van der Waals surface area contributed by atoms with Gasteiger partial charge in [0.15, 0.2) is 11.5 Å². The summed E-state index contributed by atoms with van der Waals surface area (Å²) in [5, 5.41) is 0. The van der Waals surface area contributed by atoms with Crippen LogP contribution in [0, 0.1) is 5.92 Å². The molecule has 0 bridgehead atoms. The standard InChI is InChI=1S/C26H30O6S/c1-20(2)19-30-24-15-14-23(18-25(24)29-16-17-31-33(3,27)28)32-26(21-10-6-4-7-11-21)22-12-8-5-9-13-22/h4-15,18,20,26H,16-17,19H2,1-3H3. The third-order valence-electron chi connectivity index (χ3n) is 4.58. The van der Waals surface area contributed by atoms with Crippen molar-refractivity contribution in [2.75, 3.05) is 26.1 Å². The molecule has 0 saturated heterocycles. The van der Waals surface area contributed by atoms with Crippen LogP contribution >= 0.6 is 0 Å². The van der Waals surface area contributed by atoms with Gasteiger partial charge >= 0.3 is 0 Å². The van der Waals surface area contributed by atoms with Crippen LogP contribution in [-0.2, 0) is 14.3 Å². The predicted octanol–water partition coefficient (Wildman–Crippen LogP) is 5.24. The van der Waals surface area contributed by atoms with E-state index in [0.717, 1.165) is 17.4 Å². The van der Waals surface area contributed by atoms with Crippen LogP contribution in [0.25, 0.3) is 0 Å². The van der Waals surface area contributed by atoms with Crippen molar-refractivity contribution in [2.45, 2.75) is 20.0 Å². The van der Waals surface area contributed by atoms with Crippen molar-refractivity contribution >= 4 is 10.1 Å². The minimum absolute atomic E-state index is 0.0510. The molecular formula is C26H30O6S. The smallest absolute Gasteiger partial charge is 0.264 e. The van der Waals surface area contributed by atoms with Crippen molar-refractivity contribution in [2.24, 2.45) is 5.92 Å². The Bertz CT molecular complexity index is 1060. The van der Waals surface area contributed by atoms with E-state index in [1.165, 1.54) is 0 Å². The number of benzene rings is 3. The van der Waals surface area contributed by atoms with Gasteiger partial charge in [0.25, 0.3) is 10.1 Å². The Labute approximate surface area is 196 Å². The van der Waals surface area contributed by atoms with E-state index in [0.29, 0.717) is 29.8 Å². The molecular weight excluding hydrogens is 440 g/mol. The van der Waals surface area contributed by atoms with Crippen LogP contribution in [0.5, 0.6) is 17.2 Å². The van der Waals surface area contributed by atoms with Gasteiger partial charge < -0.3 is 14.2 Å². The second-order valence-corrected chi connectivity index (χ2v) is 9.65. The topological polar surface area (TPSA) is 71.1 Å². The summed E-state index contributed by atoms with van der Waals surface area (Å²) in [6.45, 7) is 4.59. The van der Waals surface area contributed by atoms with E-state index < -0.39 is 10.1 Å². The molecule has 3 aromatic rings. The fraction of sp³-hybridized carbons (Fsp3) is 0.308. The van der Waals surface area contributed by atoms with E-state index in [9.17, 15) is 8.42 Å². The SMILES string of the molecule is CC(C)COc1ccc(OC(c2ccccc2)c2ccccc2)cc1OCCOS(C)(=O)=O. The van der Waals surface area contributed by atoms with Gasteiger partial charge in [-0.3, -0.25) is 4.18 Å². The van der Waals surface area contributed by atoms with Gasteiger partial charge in [0, 0.05) is 6.07 Å². The molecule has 176 valence electrons. The van der Waals surface area contributed by atoms with Gasteiger partial charge in [0.05, 0.1) is 12.9 Å². The van der Waals surface area contributed by atoms with Crippen LogP contribution in [0.3, 0.4) is 0 Å². The Morgan fingerprint density at radius 3 is 1.91 bits per heavy atom. The largest absolute Gasteiger partial charge is 0.489 e. The Morgan fingerprint density at radius 2 is 1.36 bits per heavy atom. The molecule has 0 atom stereocenters. The highest BCUT2D eigenvalue weighted by atomic mass is 32.2. The normalized spacial score (nSPS) is 11.5. The third kappa shape index (κ3) is 8.11. The zero-order valence-corrected chi connectivity index (χ0v) is 20.0. The lowest BCUT2D eigenvalue weighted by atomic mass is 10.0. The monoisotopic (exact) mass is 470 g/mol. The second kappa shape index (κ2) is 11.7. The second-order valence-electron chi connectivity index (χ2n) is 8.01. The van der Waals surface area contributed by atoms with E-state index in [4.69, 9.17) is 18.4 Å². The first kappa shape index (κ1) is 24.6. The summed E-state index contributed by atoms with van der Waals surface area (Å²) in [6.07, 6.45) is 0.697. The molecule has 0 fully saturated rings. The maximum Gasteiger partial charge on any atom is 0.264 e. The Hall–Kier alpha value is -3.03. The lowest BCUT2D eigenvalue weighted by molar-refractivity contribution is 0.203. The highest BCUT2D eigenvalue weighted by Crippen LogP contribution is 2.35. The van der Waals surface area contributed by atoms with E-state index >= 15 is 0 Å². The number of hydrogen-bond acceptors (Lipinski definition) is 6. The summed E-state index contributed by atoms with van der Waals surface area (Å²) in [4.78, 5) is 0. The molecule has 0 saturated carbocycles. The van der Waals surface area contributed by atoms with Crippen LogP contribution in [0.4, 0.5) is 0 Å². The molecule has 0 amide bonds. The Morgan fingerprint density at radius 1 is 0.758 bits per heavy atom. The molecule has 0 radical (unpaired) electrons. The quantitative estimate of drug-likeness (QED) is 0.266. The molecule has 0 aromatic heterocycles. The predicted molar refractivity (Wildman–Crippen MR) is 128 cm³/mol. The molecule has 0 N–H and O–H groups in total. The van der Waals surface area contributed by atoms with Gasteiger partial charge in [0.1, 0.15) is 25.1 Å². The number of hydrogen-bond donors (Lipinski definition) is 0. The molecule has 0 aliphatic rings. The highest BCUT2D eigenvalue weighted by molar-refractivity contribution is 7.85. The van der Waals surface area contributed by atoms with Gasteiger partial charge in [-0.25, -0.2) is 0 Å². The highest BCUT2D eigenvalue weighted by Gasteiger charge is 2.17. The van der Waals surface area contributed by atoms with Crippen LogP contribution in [-0.4, -0.2) is 34.5 Å². The lowest BCUT2D eigenvalue weighted by Crippen LogP contribution is -2.13. The minimum Gasteiger partial charge on any atom is -0.489 e. The first-order chi connectivity index (χ1) is 15.8. The number of rotatable bonds is 12. The first-order valence-electron chi connectivity index (χ1n) is 10.8. The van der Waals surface area contributed by atoms with Gasteiger partial charge in [-0.05, 0) is 29.2 Å². The zero-order chi connectivity index (χ0) is 23.7. The average Bonchev–Trinajstić information content (AvgIpc) is 2.80. The van der Waals surface area contributed by atoms with Gasteiger partial charge in [-0.1, -0.05) is 74.5 Å². The van der Waals surface area contributed by atoms with Crippen molar-refractivity contribution in [3.8, 4) is 17.2 Å². The van der Waals surface area contributed by atoms with E-state index in [-0.39, 0.29) is 19.3 Å². The Kier molecular flexibility index (Phi) is 8.74. The molecule has 33 heavy (non-hydrogen) atoms. The van der Waals surface area contributed by atoms with Gasteiger partial charge in [-0.2, -0.15) is 8.42 Å². The van der Waals surface area contributed by atoms with Crippen LogP contribution in [0.15, 0.2) is 78.9 Å². The van der Waals surface area contributed by atoms with Crippen molar-refractivity contribution in [3.63, 3.8) is 0 Å². The summed E-state index contributed by atoms with van der Waals surface area (Å²) in [7, 11) is -3.53.